The van der Waals surface area contributed by atoms with Crippen molar-refractivity contribution in [3.63, 3.8) is 0 Å². The number of carbonyl (C=O) groups is 2. The minimum absolute atomic E-state index is 0. The largest absolute Gasteiger partial charge is 0.352 e. The molecule has 0 saturated carbocycles. The van der Waals surface area contributed by atoms with Gasteiger partial charge in [-0.15, -0.1) is 12.4 Å². The first-order valence-electron chi connectivity index (χ1n) is 9.65. The van der Waals surface area contributed by atoms with Gasteiger partial charge in [-0.1, -0.05) is 41.9 Å². The molecule has 2 aromatic rings. The van der Waals surface area contributed by atoms with Gasteiger partial charge in [0.25, 0.3) is 5.91 Å². The van der Waals surface area contributed by atoms with Crippen molar-refractivity contribution in [2.75, 3.05) is 26.2 Å². The van der Waals surface area contributed by atoms with Gasteiger partial charge in [0, 0.05) is 42.6 Å². The highest BCUT2D eigenvalue weighted by molar-refractivity contribution is 6.30. The monoisotopic (exact) mass is 435 g/mol. The predicted molar refractivity (Wildman–Crippen MR) is 119 cm³/mol. The summed E-state index contributed by atoms with van der Waals surface area (Å²) in [6.07, 6.45) is 1.03. The van der Waals surface area contributed by atoms with Crippen LogP contribution in [-0.2, 0) is 4.79 Å². The fourth-order valence-electron chi connectivity index (χ4n) is 3.69. The van der Waals surface area contributed by atoms with Crippen molar-refractivity contribution in [2.45, 2.75) is 18.8 Å². The molecule has 3 N–H and O–H groups in total. The molecule has 0 radical (unpaired) electrons. The minimum Gasteiger partial charge on any atom is -0.352 e. The number of halogens is 2. The van der Waals surface area contributed by atoms with Crippen LogP contribution in [0.4, 0.5) is 0 Å². The lowest BCUT2D eigenvalue weighted by atomic mass is 9.89. The van der Waals surface area contributed by atoms with E-state index in [0.717, 1.165) is 0 Å². The lowest BCUT2D eigenvalue weighted by molar-refractivity contribution is -0.130. The van der Waals surface area contributed by atoms with Crippen LogP contribution in [0.1, 0.15) is 34.7 Å². The van der Waals surface area contributed by atoms with Gasteiger partial charge in [0.05, 0.1) is 0 Å². The zero-order valence-corrected chi connectivity index (χ0v) is 17.8. The Kier molecular flexibility index (Phi) is 8.96. The van der Waals surface area contributed by atoms with Gasteiger partial charge in [-0.25, -0.2) is 0 Å². The van der Waals surface area contributed by atoms with Crippen LogP contribution in [0.3, 0.4) is 0 Å². The number of hydrogen-bond donors (Lipinski definition) is 2. The highest BCUT2D eigenvalue weighted by atomic mass is 35.5. The third-order valence-electron chi connectivity index (χ3n) is 5.28. The van der Waals surface area contributed by atoms with Crippen molar-refractivity contribution in [2.24, 2.45) is 11.7 Å². The summed E-state index contributed by atoms with van der Waals surface area (Å²) in [6.45, 7) is 2.44. The molecule has 0 aromatic heterocycles. The second kappa shape index (κ2) is 11.2. The summed E-state index contributed by atoms with van der Waals surface area (Å²) >= 11 is 5.83. The van der Waals surface area contributed by atoms with Crippen molar-refractivity contribution in [3.05, 3.63) is 70.7 Å². The van der Waals surface area contributed by atoms with Crippen LogP contribution in [0.2, 0.25) is 5.02 Å². The van der Waals surface area contributed by atoms with Crippen molar-refractivity contribution < 1.29 is 9.59 Å². The van der Waals surface area contributed by atoms with E-state index in [0.29, 0.717) is 55.5 Å². The minimum atomic E-state index is -0.155. The molecule has 0 aliphatic carbocycles. The zero-order valence-electron chi connectivity index (χ0n) is 16.2. The van der Waals surface area contributed by atoms with Gasteiger partial charge < -0.3 is 16.0 Å². The summed E-state index contributed by atoms with van der Waals surface area (Å²) in [5.74, 6) is 0.547. The van der Waals surface area contributed by atoms with E-state index in [2.05, 4.69) is 17.4 Å². The Hall–Kier alpha value is -2.08. The van der Waals surface area contributed by atoms with E-state index < -0.39 is 0 Å². The summed E-state index contributed by atoms with van der Waals surface area (Å²) in [4.78, 5) is 26.6. The molecular formula is C22H27Cl2N3O2. The Morgan fingerprint density at radius 1 is 1.07 bits per heavy atom. The van der Waals surface area contributed by atoms with Gasteiger partial charge in [-0.05, 0) is 48.7 Å². The molecule has 5 nitrogen and oxygen atoms in total. The van der Waals surface area contributed by atoms with Gasteiger partial charge in [-0.2, -0.15) is 0 Å². The lowest BCUT2D eigenvalue weighted by Crippen LogP contribution is -2.31. The number of carbonyl (C=O) groups excluding carboxylic acids is 2. The van der Waals surface area contributed by atoms with Crippen molar-refractivity contribution in [1.29, 1.82) is 0 Å². The second-order valence-electron chi connectivity index (χ2n) is 7.18. The van der Waals surface area contributed by atoms with Crippen molar-refractivity contribution in [3.8, 4) is 0 Å². The van der Waals surface area contributed by atoms with E-state index in [4.69, 9.17) is 17.3 Å². The van der Waals surface area contributed by atoms with Gasteiger partial charge in [0.1, 0.15) is 0 Å². The summed E-state index contributed by atoms with van der Waals surface area (Å²) in [5, 5.41) is 3.44. The van der Waals surface area contributed by atoms with E-state index in [1.165, 1.54) is 5.56 Å². The number of nitrogens with two attached hydrogens (primary N) is 1. The molecule has 3 rings (SSSR count). The maximum Gasteiger partial charge on any atom is 0.251 e. The molecule has 29 heavy (non-hydrogen) atoms. The first-order valence-corrected chi connectivity index (χ1v) is 10.0. The average molecular weight is 436 g/mol. The molecule has 1 saturated heterocycles. The first-order chi connectivity index (χ1) is 13.6. The highest BCUT2D eigenvalue weighted by Gasteiger charge is 2.34. The third kappa shape index (κ3) is 6.20. The van der Waals surface area contributed by atoms with E-state index in [1.54, 1.807) is 24.3 Å². The third-order valence-corrected chi connectivity index (χ3v) is 5.54. The number of amides is 2. The standard InChI is InChI=1S/C22H26ClN3O2.ClH/c23-19-10-8-17(9-11-19)22(28)25-12-4-7-21(27)26-14-18(13-24)20(15-26)16-5-2-1-3-6-16;/h1-3,5-6,8-11,18,20H,4,7,12-15,24H2,(H,25,28);1H/t18-,20+;/m1./s1. The van der Waals surface area contributed by atoms with Gasteiger partial charge >= 0.3 is 0 Å². The molecule has 2 aromatic carbocycles. The Balaban J connectivity index is 0.00000300. The zero-order chi connectivity index (χ0) is 19.9. The Morgan fingerprint density at radius 3 is 2.41 bits per heavy atom. The average Bonchev–Trinajstić information content (AvgIpc) is 3.16. The molecule has 0 spiro atoms. The van der Waals surface area contributed by atoms with Crippen LogP contribution in [0.5, 0.6) is 0 Å². The number of hydrogen-bond acceptors (Lipinski definition) is 3. The van der Waals surface area contributed by atoms with Gasteiger partial charge in [0.2, 0.25) is 5.91 Å². The van der Waals surface area contributed by atoms with Crippen LogP contribution in [0.15, 0.2) is 54.6 Å². The van der Waals surface area contributed by atoms with Crippen LogP contribution < -0.4 is 11.1 Å². The summed E-state index contributed by atoms with van der Waals surface area (Å²) in [6, 6.07) is 17.0. The van der Waals surface area contributed by atoms with Crippen LogP contribution >= 0.6 is 24.0 Å². The van der Waals surface area contributed by atoms with Crippen LogP contribution in [-0.4, -0.2) is 42.9 Å². The van der Waals surface area contributed by atoms with Gasteiger partial charge in [0.15, 0.2) is 0 Å². The first kappa shape index (κ1) is 23.2. The molecule has 2 atom stereocenters. The normalized spacial score (nSPS) is 18.2. The maximum absolute atomic E-state index is 12.6. The van der Waals surface area contributed by atoms with Crippen molar-refractivity contribution in [1.82, 2.24) is 10.2 Å². The number of nitrogens with zero attached hydrogens (tertiary/aromatic N) is 1. The Labute approximate surface area is 183 Å². The highest BCUT2D eigenvalue weighted by Crippen LogP contribution is 2.32. The summed E-state index contributed by atoms with van der Waals surface area (Å²) in [7, 11) is 0. The SMILES string of the molecule is Cl.NC[C@@H]1CN(C(=O)CCCNC(=O)c2ccc(Cl)cc2)C[C@H]1c1ccccc1. The van der Waals surface area contributed by atoms with Crippen LogP contribution in [0, 0.1) is 5.92 Å². The lowest BCUT2D eigenvalue weighted by Gasteiger charge is -2.17. The quantitative estimate of drug-likeness (QED) is 0.653. The fraction of sp³-hybridized carbons (Fsp3) is 0.364. The number of rotatable bonds is 7. The Morgan fingerprint density at radius 2 is 1.76 bits per heavy atom. The topological polar surface area (TPSA) is 75.4 Å². The molecule has 1 fully saturated rings. The molecule has 156 valence electrons. The Bertz CT molecular complexity index is 799. The molecular weight excluding hydrogens is 409 g/mol. The van der Waals surface area contributed by atoms with E-state index in [1.807, 2.05) is 23.1 Å². The molecule has 1 aliphatic rings. The summed E-state index contributed by atoms with van der Waals surface area (Å²) in [5.41, 5.74) is 7.75. The molecule has 2 amide bonds. The van der Waals surface area contributed by atoms with E-state index in [-0.39, 0.29) is 30.1 Å². The molecule has 7 heteroatoms. The van der Waals surface area contributed by atoms with Crippen LogP contribution in [0.25, 0.3) is 0 Å². The second-order valence-corrected chi connectivity index (χ2v) is 7.61. The van der Waals surface area contributed by atoms with E-state index >= 15 is 0 Å². The number of benzene rings is 2. The molecule has 1 heterocycles. The molecule has 0 bridgehead atoms. The van der Waals surface area contributed by atoms with Crippen molar-refractivity contribution >= 4 is 35.8 Å². The smallest absolute Gasteiger partial charge is 0.251 e. The predicted octanol–water partition coefficient (Wildman–Crippen LogP) is 3.47. The summed E-state index contributed by atoms with van der Waals surface area (Å²) < 4.78 is 0. The molecule has 1 aliphatic heterocycles. The van der Waals surface area contributed by atoms with E-state index in [9.17, 15) is 9.59 Å². The maximum atomic E-state index is 12.6. The van der Waals surface area contributed by atoms with Gasteiger partial charge in [-0.3, -0.25) is 9.59 Å². The molecule has 0 unspecified atom stereocenters. The number of likely N-dealkylation sites (tertiary alicyclic amines) is 1. The number of nitrogens with one attached hydrogen (secondary N) is 1. The fourth-order valence-corrected chi connectivity index (χ4v) is 3.82.